The Morgan fingerprint density at radius 3 is 2.44 bits per heavy atom. The number of benzene rings is 1. The summed E-state index contributed by atoms with van der Waals surface area (Å²) in [7, 11) is 3.07. The largest absolute Gasteiger partial charge is 0.495 e. The van der Waals surface area contributed by atoms with Gasteiger partial charge in [0.15, 0.2) is 11.5 Å². The van der Waals surface area contributed by atoms with Gasteiger partial charge in [-0.3, -0.25) is 4.79 Å². The van der Waals surface area contributed by atoms with Crippen molar-refractivity contribution in [2.45, 2.75) is 13.8 Å². The first-order valence-corrected chi connectivity index (χ1v) is 8.12. The lowest BCUT2D eigenvalue weighted by atomic mass is 10.2. The zero-order chi connectivity index (χ0) is 18.4. The van der Waals surface area contributed by atoms with Gasteiger partial charge in [-0.15, -0.1) is 10.2 Å². The molecular weight excluding hydrogens is 344 g/mol. The Bertz CT molecular complexity index is 735. The van der Waals surface area contributed by atoms with Crippen LogP contribution in [0.15, 0.2) is 24.3 Å². The number of anilines is 2. The van der Waals surface area contributed by atoms with Crippen LogP contribution < -0.4 is 20.1 Å². The van der Waals surface area contributed by atoms with Crippen LogP contribution >= 0.6 is 11.6 Å². The molecule has 8 heteroatoms. The van der Waals surface area contributed by atoms with Crippen LogP contribution in [0, 0.1) is 5.92 Å². The number of aromatic nitrogens is 2. The minimum Gasteiger partial charge on any atom is -0.495 e. The second-order valence-electron chi connectivity index (χ2n) is 5.72. The zero-order valence-corrected chi connectivity index (χ0v) is 15.3. The van der Waals surface area contributed by atoms with Gasteiger partial charge in [-0.2, -0.15) is 0 Å². The number of hydrogen-bond acceptors (Lipinski definition) is 6. The molecule has 1 heterocycles. The molecule has 0 unspecified atom stereocenters. The van der Waals surface area contributed by atoms with Crippen molar-refractivity contribution >= 4 is 29.0 Å². The predicted octanol–water partition coefficient (Wildman–Crippen LogP) is 3.28. The molecular formula is C17H21ClN4O3. The van der Waals surface area contributed by atoms with Gasteiger partial charge in [0.25, 0.3) is 5.91 Å². The third-order valence-electron chi connectivity index (χ3n) is 3.30. The lowest BCUT2D eigenvalue weighted by Crippen LogP contribution is -2.28. The van der Waals surface area contributed by atoms with E-state index in [-0.39, 0.29) is 11.6 Å². The van der Waals surface area contributed by atoms with Crippen LogP contribution in [0.2, 0.25) is 5.02 Å². The first kappa shape index (κ1) is 18.8. The highest BCUT2D eigenvalue weighted by atomic mass is 35.5. The normalized spacial score (nSPS) is 10.5. The maximum Gasteiger partial charge on any atom is 0.271 e. The molecule has 0 radical (unpaired) electrons. The Morgan fingerprint density at radius 1 is 1.16 bits per heavy atom. The molecule has 1 aromatic carbocycles. The fourth-order valence-corrected chi connectivity index (χ4v) is 2.23. The van der Waals surface area contributed by atoms with E-state index in [1.807, 2.05) is 13.8 Å². The van der Waals surface area contributed by atoms with Crippen molar-refractivity contribution in [3.05, 3.63) is 35.0 Å². The summed E-state index contributed by atoms with van der Waals surface area (Å²) in [6.07, 6.45) is 0. The summed E-state index contributed by atoms with van der Waals surface area (Å²) >= 11 is 6.09. The molecule has 0 saturated carbocycles. The third-order valence-corrected chi connectivity index (χ3v) is 3.60. The number of methoxy groups -OCH3 is 2. The van der Waals surface area contributed by atoms with Crippen LogP contribution in [-0.2, 0) is 0 Å². The average Bonchev–Trinajstić information content (AvgIpc) is 2.61. The van der Waals surface area contributed by atoms with Gasteiger partial charge in [-0.1, -0.05) is 25.4 Å². The minimum absolute atomic E-state index is 0.251. The molecule has 1 amide bonds. The molecule has 2 aromatic rings. The second-order valence-corrected chi connectivity index (χ2v) is 6.13. The zero-order valence-electron chi connectivity index (χ0n) is 14.6. The van der Waals surface area contributed by atoms with Crippen molar-refractivity contribution in [3.63, 3.8) is 0 Å². The number of carbonyl (C=O) groups excluding carboxylic acids is 1. The topological polar surface area (TPSA) is 85.4 Å². The summed E-state index contributed by atoms with van der Waals surface area (Å²) in [6.45, 7) is 4.63. The number of carbonyl (C=O) groups is 1. The molecule has 25 heavy (non-hydrogen) atoms. The van der Waals surface area contributed by atoms with Crippen molar-refractivity contribution in [3.8, 4) is 11.5 Å². The maximum atomic E-state index is 12.0. The van der Waals surface area contributed by atoms with Crippen molar-refractivity contribution < 1.29 is 14.3 Å². The van der Waals surface area contributed by atoms with Crippen LogP contribution in [0.5, 0.6) is 11.5 Å². The van der Waals surface area contributed by atoms with E-state index >= 15 is 0 Å². The predicted molar refractivity (Wildman–Crippen MR) is 97.0 cm³/mol. The van der Waals surface area contributed by atoms with Gasteiger partial charge < -0.3 is 20.1 Å². The van der Waals surface area contributed by atoms with Crippen LogP contribution in [-0.4, -0.2) is 36.9 Å². The molecule has 0 aliphatic carbocycles. The van der Waals surface area contributed by atoms with E-state index in [1.165, 1.54) is 14.2 Å². The minimum atomic E-state index is -0.251. The molecule has 0 aliphatic rings. The van der Waals surface area contributed by atoms with Gasteiger partial charge in [0.05, 0.1) is 24.9 Å². The van der Waals surface area contributed by atoms with Gasteiger partial charge in [0, 0.05) is 18.7 Å². The van der Waals surface area contributed by atoms with E-state index in [9.17, 15) is 4.79 Å². The highest BCUT2D eigenvalue weighted by molar-refractivity contribution is 6.32. The van der Waals surface area contributed by atoms with Gasteiger partial charge in [-0.05, 0) is 18.1 Å². The number of rotatable bonds is 7. The summed E-state index contributed by atoms with van der Waals surface area (Å²) in [5.41, 5.74) is 0.877. The molecule has 0 atom stereocenters. The van der Waals surface area contributed by atoms with Gasteiger partial charge >= 0.3 is 0 Å². The standard InChI is InChI=1S/C17H21ClN4O3/c1-10(2)9-19-17(23)12-5-6-16(22-21-12)20-13-8-14(24-3)11(18)7-15(13)25-4/h5-8,10H,9H2,1-4H3,(H,19,23)(H,20,22). The quantitative estimate of drug-likeness (QED) is 0.784. The smallest absolute Gasteiger partial charge is 0.271 e. The summed E-state index contributed by atoms with van der Waals surface area (Å²) in [6, 6.07) is 6.61. The SMILES string of the molecule is COc1cc(Nc2ccc(C(=O)NCC(C)C)nn2)c(OC)cc1Cl. The van der Waals surface area contributed by atoms with Gasteiger partial charge in [-0.25, -0.2) is 0 Å². The van der Waals surface area contributed by atoms with Crippen LogP contribution in [0.3, 0.4) is 0 Å². The molecule has 0 aliphatic heterocycles. The van der Waals surface area contributed by atoms with Crippen molar-refractivity contribution in [2.75, 3.05) is 26.1 Å². The second kappa shape index (κ2) is 8.53. The summed E-state index contributed by atoms with van der Waals surface area (Å²) in [5.74, 6) is 1.61. The van der Waals surface area contributed by atoms with Crippen LogP contribution in [0.4, 0.5) is 11.5 Å². The Kier molecular flexibility index (Phi) is 6.41. The molecule has 0 saturated heterocycles. The fraction of sp³-hybridized carbons (Fsp3) is 0.353. The van der Waals surface area contributed by atoms with E-state index in [2.05, 4.69) is 20.8 Å². The number of hydrogen-bond donors (Lipinski definition) is 2. The van der Waals surface area contributed by atoms with Gasteiger partial charge in [0.2, 0.25) is 0 Å². The van der Waals surface area contributed by atoms with E-state index in [1.54, 1.807) is 24.3 Å². The van der Waals surface area contributed by atoms with Crippen molar-refractivity contribution in [1.29, 1.82) is 0 Å². The maximum absolute atomic E-state index is 12.0. The van der Waals surface area contributed by atoms with E-state index in [0.717, 1.165) is 0 Å². The molecule has 0 fully saturated rings. The Hall–Kier alpha value is -2.54. The molecule has 1 aromatic heterocycles. The number of ether oxygens (including phenoxy) is 2. The summed E-state index contributed by atoms with van der Waals surface area (Å²) in [5, 5.41) is 14.3. The fourth-order valence-electron chi connectivity index (χ4n) is 2.00. The first-order valence-electron chi connectivity index (χ1n) is 7.75. The highest BCUT2D eigenvalue weighted by Gasteiger charge is 2.12. The number of amides is 1. The van der Waals surface area contributed by atoms with E-state index in [0.29, 0.717) is 40.5 Å². The van der Waals surface area contributed by atoms with E-state index in [4.69, 9.17) is 21.1 Å². The van der Waals surface area contributed by atoms with Gasteiger partial charge in [0.1, 0.15) is 11.5 Å². The Labute approximate surface area is 151 Å². The lowest BCUT2D eigenvalue weighted by Gasteiger charge is -2.13. The molecule has 134 valence electrons. The first-order chi connectivity index (χ1) is 11.9. The van der Waals surface area contributed by atoms with E-state index < -0.39 is 0 Å². The van der Waals surface area contributed by atoms with Crippen LogP contribution in [0.25, 0.3) is 0 Å². The number of nitrogens with zero attached hydrogens (tertiary/aromatic N) is 2. The summed E-state index contributed by atoms with van der Waals surface area (Å²) in [4.78, 5) is 12.0. The molecule has 2 N–H and O–H groups in total. The molecule has 7 nitrogen and oxygen atoms in total. The number of halogens is 1. The highest BCUT2D eigenvalue weighted by Crippen LogP contribution is 2.36. The third kappa shape index (κ3) is 4.96. The average molecular weight is 365 g/mol. The monoisotopic (exact) mass is 364 g/mol. The van der Waals surface area contributed by atoms with Crippen molar-refractivity contribution in [2.24, 2.45) is 5.92 Å². The Balaban J connectivity index is 2.15. The molecule has 0 spiro atoms. The lowest BCUT2D eigenvalue weighted by molar-refractivity contribution is 0.0943. The van der Waals surface area contributed by atoms with Crippen LogP contribution in [0.1, 0.15) is 24.3 Å². The summed E-state index contributed by atoms with van der Waals surface area (Å²) < 4.78 is 10.5. The number of nitrogens with one attached hydrogen (secondary N) is 2. The Morgan fingerprint density at radius 2 is 1.88 bits per heavy atom. The van der Waals surface area contributed by atoms with Crippen molar-refractivity contribution in [1.82, 2.24) is 15.5 Å². The molecule has 2 rings (SSSR count). The molecule has 0 bridgehead atoms.